The van der Waals surface area contributed by atoms with E-state index in [1.54, 1.807) is 0 Å². The minimum atomic E-state index is -1.09. The summed E-state index contributed by atoms with van der Waals surface area (Å²) in [6.45, 7) is -0.725. The highest BCUT2D eigenvalue weighted by Crippen LogP contribution is 2.58. The molecule has 0 aromatic heterocycles. The average Bonchev–Trinajstić information content (AvgIpc) is 2.82. The van der Waals surface area contributed by atoms with Crippen LogP contribution in [0.15, 0.2) is 0 Å². The Morgan fingerprint density at radius 2 is 0.951 bits per heavy atom. The first-order valence-corrected chi connectivity index (χ1v) is 15.5. The zero-order valence-corrected chi connectivity index (χ0v) is 24.5. The van der Waals surface area contributed by atoms with Gasteiger partial charge in [-0.05, 0) is 113 Å². The van der Waals surface area contributed by atoms with Crippen LogP contribution in [0.5, 0.6) is 0 Å². The fraction of sp³-hybridized carbons (Fsp3) is 0.867. The number of halogens is 1. The van der Waals surface area contributed by atoms with Gasteiger partial charge in [0.15, 0.2) is 0 Å². The molecule has 41 heavy (non-hydrogen) atoms. The Hall–Kier alpha value is -1.91. The van der Waals surface area contributed by atoms with Crippen molar-refractivity contribution in [2.45, 2.75) is 100 Å². The van der Waals surface area contributed by atoms with Gasteiger partial charge in [-0.2, -0.15) is 0 Å². The van der Waals surface area contributed by atoms with Gasteiger partial charge >= 0.3 is 23.9 Å². The molecule has 11 heteroatoms. The number of alkyl halides is 1. The van der Waals surface area contributed by atoms with Crippen LogP contribution in [-0.2, 0) is 33.4 Å². The summed E-state index contributed by atoms with van der Waals surface area (Å²) < 4.78 is 15.1. The van der Waals surface area contributed by atoms with Crippen molar-refractivity contribution in [3.8, 4) is 0 Å². The molecule has 0 amide bonds. The summed E-state index contributed by atoms with van der Waals surface area (Å²) in [7, 11) is 0. The Bertz CT molecular complexity index is 863. The van der Waals surface area contributed by atoms with E-state index in [0.717, 1.165) is 54.8 Å². The van der Waals surface area contributed by atoms with Gasteiger partial charge in [0.25, 0.3) is 0 Å². The third-order valence-corrected chi connectivity index (χ3v) is 10.1. The van der Waals surface area contributed by atoms with Crippen molar-refractivity contribution in [2.24, 2.45) is 35.5 Å². The largest absolute Gasteiger partial charge is 0.481 e. The maximum Gasteiger partial charge on any atom is 0.329 e. The van der Waals surface area contributed by atoms with E-state index in [0.29, 0.717) is 0 Å². The van der Waals surface area contributed by atoms with E-state index in [1.165, 1.54) is 57.8 Å². The quantitative estimate of drug-likeness (QED) is 0.172. The number of aliphatic carboxylic acids is 3. The SMILES string of the molecule is ClC12CC3CC(CC(C3)C1)C2.O=C(O)CCOCC(=O)O.O=C(O)COCCC(=O)OC12CC3CC(CC(C3)C1)C2. The van der Waals surface area contributed by atoms with Crippen molar-refractivity contribution in [2.75, 3.05) is 26.4 Å². The second-order valence-electron chi connectivity index (χ2n) is 13.4. The van der Waals surface area contributed by atoms with Crippen molar-refractivity contribution in [3.63, 3.8) is 0 Å². The molecule has 232 valence electrons. The lowest BCUT2D eigenvalue weighted by Crippen LogP contribution is -2.52. The van der Waals surface area contributed by atoms with Gasteiger partial charge in [0.1, 0.15) is 18.8 Å². The van der Waals surface area contributed by atoms with E-state index < -0.39 is 24.5 Å². The van der Waals surface area contributed by atoms with Gasteiger partial charge in [0, 0.05) is 4.87 Å². The molecule has 8 fully saturated rings. The van der Waals surface area contributed by atoms with Gasteiger partial charge in [-0.25, -0.2) is 9.59 Å². The number of ether oxygens (including phenoxy) is 3. The summed E-state index contributed by atoms with van der Waals surface area (Å²) >= 11 is 6.53. The van der Waals surface area contributed by atoms with Gasteiger partial charge in [-0.1, -0.05) is 0 Å². The maximum atomic E-state index is 11.9. The van der Waals surface area contributed by atoms with Gasteiger partial charge < -0.3 is 29.5 Å². The molecule has 8 aliphatic rings. The molecule has 0 unspecified atom stereocenters. The summed E-state index contributed by atoms with van der Waals surface area (Å²) in [6.07, 6.45) is 15.5. The number of carboxylic acid groups (broad SMARTS) is 3. The maximum absolute atomic E-state index is 11.9. The highest BCUT2D eigenvalue weighted by Gasteiger charge is 2.53. The fourth-order valence-electron chi connectivity index (χ4n) is 9.09. The second-order valence-corrected chi connectivity index (χ2v) is 14.2. The van der Waals surface area contributed by atoms with Crippen molar-refractivity contribution >= 4 is 35.5 Å². The lowest BCUT2D eigenvalue weighted by molar-refractivity contribution is -0.187. The predicted molar refractivity (Wildman–Crippen MR) is 148 cm³/mol. The number of esters is 1. The van der Waals surface area contributed by atoms with Crippen LogP contribution >= 0.6 is 11.6 Å². The second kappa shape index (κ2) is 14.0. The lowest BCUT2D eigenvalue weighted by atomic mass is 9.54. The molecule has 0 spiro atoms. The first kappa shape index (κ1) is 32.0. The first-order chi connectivity index (χ1) is 19.4. The van der Waals surface area contributed by atoms with E-state index in [-0.39, 0.29) is 49.1 Å². The van der Waals surface area contributed by atoms with Crippen molar-refractivity contribution < 1.29 is 48.7 Å². The Labute approximate surface area is 246 Å². The molecule has 0 atom stereocenters. The van der Waals surface area contributed by atoms with Crippen molar-refractivity contribution in [3.05, 3.63) is 0 Å². The molecule has 0 aliphatic heterocycles. The van der Waals surface area contributed by atoms with Crippen LogP contribution in [0.3, 0.4) is 0 Å². The van der Waals surface area contributed by atoms with E-state index in [1.807, 2.05) is 0 Å². The molecule has 8 rings (SSSR count). The Balaban J connectivity index is 0.000000156. The lowest BCUT2D eigenvalue weighted by Gasteiger charge is -2.55. The van der Waals surface area contributed by atoms with E-state index in [9.17, 15) is 19.2 Å². The van der Waals surface area contributed by atoms with Crippen molar-refractivity contribution in [1.82, 2.24) is 0 Å². The normalized spacial score (nSPS) is 36.9. The molecule has 3 N–H and O–H groups in total. The molecule has 10 nitrogen and oxygen atoms in total. The van der Waals surface area contributed by atoms with Gasteiger partial charge in [0.05, 0.1) is 26.1 Å². The van der Waals surface area contributed by atoms with Crippen LogP contribution in [-0.4, -0.2) is 76.1 Å². The van der Waals surface area contributed by atoms with E-state index >= 15 is 0 Å². The summed E-state index contributed by atoms with van der Waals surface area (Å²) in [6, 6.07) is 0. The van der Waals surface area contributed by atoms with Crippen LogP contribution in [0.25, 0.3) is 0 Å². The average molecular weight is 601 g/mol. The summed E-state index contributed by atoms with van der Waals surface area (Å²) in [5, 5.41) is 24.5. The number of carbonyl (C=O) groups excluding carboxylic acids is 1. The Kier molecular flexibility index (Phi) is 11.0. The molecule has 8 bridgehead atoms. The summed E-state index contributed by atoms with van der Waals surface area (Å²) in [5.74, 6) is 1.94. The highest BCUT2D eigenvalue weighted by molar-refractivity contribution is 6.24. The Morgan fingerprint density at radius 1 is 0.585 bits per heavy atom. The molecule has 0 radical (unpaired) electrons. The van der Waals surface area contributed by atoms with Crippen LogP contribution in [0.4, 0.5) is 0 Å². The minimum absolute atomic E-state index is 0.0539. The van der Waals surface area contributed by atoms with Crippen molar-refractivity contribution in [1.29, 1.82) is 0 Å². The molecule has 8 aliphatic carbocycles. The third-order valence-electron chi connectivity index (χ3n) is 9.64. The molecular weight excluding hydrogens is 556 g/mol. The standard InChI is InChI=1S/C15H22O5.C10H15Cl.C5H8O5/c16-13(17)9-19-2-1-14(18)20-15-6-10-3-11(7-15)5-12(4-10)8-15;11-10-4-7-1-8(5-10)3-9(2-7)6-10;6-4(7)1-2-10-3-5(8)9/h10-12H,1-9H2,(H,16,17);7-9H,1-6H2;1-3H2,(H,6,7)(H,8,9). The number of rotatable bonds is 11. The molecule has 0 heterocycles. The number of hydrogen-bond donors (Lipinski definition) is 3. The van der Waals surface area contributed by atoms with Gasteiger partial charge in [-0.3, -0.25) is 9.59 Å². The minimum Gasteiger partial charge on any atom is -0.481 e. The summed E-state index contributed by atoms with van der Waals surface area (Å²) in [4.78, 5) is 42.1. The molecule has 0 aromatic rings. The fourth-order valence-corrected chi connectivity index (χ4v) is 9.74. The van der Waals surface area contributed by atoms with E-state index in [2.05, 4.69) is 4.74 Å². The smallest absolute Gasteiger partial charge is 0.329 e. The monoisotopic (exact) mass is 600 g/mol. The highest BCUT2D eigenvalue weighted by atomic mass is 35.5. The van der Waals surface area contributed by atoms with Crippen LogP contribution in [0.2, 0.25) is 0 Å². The topological polar surface area (TPSA) is 157 Å². The predicted octanol–water partition coefficient (Wildman–Crippen LogP) is 4.75. The molecule has 0 saturated heterocycles. The summed E-state index contributed by atoms with van der Waals surface area (Å²) in [5.41, 5.74) is -0.210. The zero-order valence-electron chi connectivity index (χ0n) is 23.8. The molecule has 8 saturated carbocycles. The van der Waals surface area contributed by atoms with Crippen LogP contribution in [0, 0.1) is 35.5 Å². The Morgan fingerprint density at radius 3 is 1.29 bits per heavy atom. The third kappa shape index (κ3) is 9.82. The zero-order chi connectivity index (χ0) is 29.6. The van der Waals surface area contributed by atoms with Gasteiger partial charge in [-0.15, -0.1) is 11.6 Å². The number of hydrogen-bond acceptors (Lipinski definition) is 7. The number of carbonyl (C=O) groups is 4. The van der Waals surface area contributed by atoms with Crippen LogP contribution in [0.1, 0.15) is 89.9 Å². The number of carboxylic acids is 3. The molecular formula is C30H45ClO10. The van der Waals surface area contributed by atoms with Crippen LogP contribution < -0.4 is 0 Å². The molecule has 0 aromatic carbocycles. The van der Waals surface area contributed by atoms with Gasteiger partial charge in [0.2, 0.25) is 0 Å². The van der Waals surface area contributed by atoms with E-state index in [4.69, 9.17) is 36.4 Å². The first-order valence-electron chi connectivity index (χ1n) is 15.1.